The Morgan fingerprint density at radius 2 is 1.64 bits per heavy atom. The lowest BCUT2D eigenvalue weighted by molar-refractivity contribution is 0.152. The summed E-state index contributed by atoms with van der Waals surface area (Å²) in [4.78, 5) is 2.61. The summed E-state index contributed by atoms with van der Waals surface area (Å²) in [5, 5.41) is 0. The zero-order valence-corrected chi connectivity index (χ0v) is 11.1. The van der Waals surface area contributed by atoms with Crippen molar-refractivity contribution >= 4 is 0 Å². The molecule has 0 saturated carbocycles. The van der Waals surface area contributed by atoms with Gasteiger partial charge in [-0.2, -0.15) is 0 Å². The molecule has 86 valence electrons. The van der Waals surface area contributed by atoms with Gasteiger partial charge in [-0.1, -0.05) is 40.5 Å². The first kappa shape index (κ1) is 14.0. The van der Waals surface area contributed by atoms with E-state index in [1.807, 2.05) is 0 Å². The molecular formula is C13H29N. The van der Waals surface area contributed by atoms with Gasteiger partial charge >= 0.3 is 0 Å². The average Bonchev–Trinajstić information content (AvgIpc) is 2.00. The quantitative estimate of drug-likeness (QED) is 0.586. The molecule has 0 aliphatic rings. The second-order valence-electron chi connectivity index (χ2n) is 5.83. The molecule has 14 heavy (non-hydrogen) atoms. The van der Waals surface area contributed by atoms with Crippen LogP contribution < -0.4 is 0 Å². The molecule has 0 aromatic carbocycles. The molecule has 0 aliphatic heterocycles. The van der Waals surface area contributed by atoms with Gasteiger partial charge in [0.2, 0.25) is 0 Å². The van der Waals surface area contributed by atoms with Crippen molar-refractivity contribution < 1.29 is 0 Å². The smallest absolute Gasteiger partial charge is 0.00388 e. The zero-order valence-electron chi connectivity index (χ0n) is 11.1. The molecular weight excluding hydrogens is 170 g/mol. The SMILES string of the molecule is CCCCCN(CC(C)(C)C)C(C)C. The minimum atomic E-state index is 0.427. The summed E-state index contributed by atoms with van der Waals surface area (Å²) in [5.74, 6) is 0. The highest BCUT2D eigenvalue weighted by Crippen LogP contribution is 2.17. The number of rotatable bonds is 6. The van der Waals surface area contributed by atoms with Crippen molar-refractivity contribution in [2.45, 2.75) is 66.8 Å². The topological polar surface area (TPSA) is 3.24 Å². The van der Waals surface area contributed by atoms with E-state index in [-0.39, 0.29) is 0 Å². The molecule has 0 bridgehead atoms. The predicted molar refractivity (Wildman–Crippen MR) is 65.7 cm³/mol. The molecule has 0 radical (unpaired) electrons. The lowest BCUT2D eigenvalue weighted by atomic mass is 9.95. The van der Waals surface area contributed by atoms with E-state index in [0.717, 1.165) is 0 Å². The summed E-state index contributed by atoms with van der Waals surface area (Å²) in [6, 6.07) is 0.686. The molecule has 0 amide bonds. The summed E-state index contributed by atoms with van der Waals surface area (Å²) in [7, 11) is 0. The summed E-state index contributed by atoms with van der Waals surface area (Å²) >= 11 is 0. The van der Waals surface area contributed by atoms with Crippen molar-refractivity contribution in [3.63, 3.8) is 0 Å². The van der Waals surface area contributed by atoms with E-state index in [1.165, 1.54) is 32.4 Å². The first-order chi connectivity index (χ1) is 6.37. The Balaban J connectivity index is 3.91. The van der Waals surface area contributed by atoms with Crippen LogP contribution >= 0.6 is 0 Å². The summed E-state index contributed by atoms with van der Waals surface area (Å²) in [5.41, 5.74) is 0.427. The molecule has 0 N–H and O–H groups in total. The van der Waals surface area contributed by atoms with Gasteiger partial charge in [0.15, 0.2) is 0 Å². The molecule has 0 atom stereocenters. The highest BCUT2D eigenvalue weighted by molar-refractivity contribution is 4.71. The summed E-state index contributed by atoms with van der Waals surface area (Å²) in [6.07, 6.45) is 4.04. The Labute approximate surface area is 90.9 Å². The minimum Gasteiger partial charge on any atom is -0.300 e. The van der Waals surface area contributed by atoms with Crippen LogP contribution in [0.1, 0.15) is 60.8 Å². The Morgan fingerprint density at radius 1 is 1.07 bits per heavy atom. The predicted octanol–water partition coefficient (Wildman–Crippen LogP) is 3.93. The first-order valence-electron chi connectivity index (χ1n) is 6.11. The fourth-order valence-corrected chi connectivity index (χ4v) is 1.69. The summed E-state index contributed by atoms with van der Waals surface area (Å²) < 4.78 is 0. The van der Waals surface area contributed by atoms with Gasteiger partial charge < -0.3 is 4.90 Å². The average molecular weight is 199 g/mol. The van der Waals surface area contributed by atoms with Gasteiger partial charge in [-0.15, -0.1) is 0 Å². The zero-order chi connectivity index (χ0) is 11.2. The van der Waals surface area contributed by atoms with Gasteiger partial charge in [-0.05, 0) is 32.2 Å². The van der Waals surface area contributed by atoms with Crippen LogP contribution in [0.25, 0.3) is 0 Å². The van der Waals surface area contributed by atoms with Crippen molar-refractivity contribution in [3.8, 4) is 0 Å². The second-order valence-corrected chi connectivity index (χ2v) is 5.83. The molecule has 0 saturated heterocycles. The monoisotopic (exact) mass is 199 g/mol. The summed E-state index contributed by atoms with van der Waals surface area (Å²) in [6.45, 7) is 16.3. The lowest BCUT2D eigenvalue weighted by Crippen LogP contribution is -2.38. The molecule has 1 nitrogen and oxygen atoms in total. The van der Waals surface area contributed by atoms with Crippen LogP contribution in [0.2, 0.25) is 0 Å². The normalized spacial score (nSPS) is 12.9. The fourth-order valence-electron chi connectivity index (χ4n) is 1.69. The van der Waals surface area contributed by atoms with Crippen LogP contribution in [0, 0.1) is 5.41 Å². The highest BCUT2D eigenvalue weighted by Gasteiger charge is 2.17. The third-order valence-corrected chi connectivity index (χ3v) is 2.46. The van der Waals surface area contributed by atoms with Gasteiger partial charge in [-0.25, -0.2) is 0 Å². The van der Waals surface area contributed by atoms with E-state index in [2.05, 4.69) is 46.4 Å². The largest absolute Gasteiger partial charge is 0.300 e. The van der Waals surface area contributed by atoms with Gasteiger partial charge in [0.05, 0.1) is 0 Å². The molecule has 0 aromatic heterocycles. The van der Waals surface area contributed by atoms with E-state index in [4.69, 9.17) is 0 Å². The maximum Gasteiger partial charge on any atom is 0.00388 e. The van der Waals surface area contributed by atoms with Gasteiger partial charge in [0.25, 0.3) is 0 Å². The van der Waals surface area contributed by atoms with Crippen LogP contribution in [0.5, 0.6) is 0 Å². The number of hydrogen-bond donors (Lipinski definition) is 0. The first-order valence-corrected chi connectivity index (χ1v) is 6.11. The van der Waals surface area contributed by atoms with Crippen LogP contribution in [0.15, 0.2) is 0 Å². The molecule has 0 aliphatic carbocycles. The second kappa shape index (κ2) is 6.44. The van der Waals surface area contributed by atoms with E-state index in [0.29, 0.717) is 11.5 Å². The third-order valence-electron chi connectivity index (χ3n) is 2.46. The molecule has 0 aromatic rings. The number of unbranched alkanes of at least 4 members (excludes halogenated alkanes) is 2. The third kappa shape index (κ3) is 7.37. The molecule has 0 fully saturated rings. The maximum absolute atomic E-state index is 2.61. The Morgan fingerprint density at radius 3 is 2.00 bits per heavy atom. The maximum atomic E-state index is 2.61. The van der Waals surface area contributed by atoms with E-state index >= 15 is 0 Å². The van der Waals surface area contributed by atoms with Crippen LogP contribution in [-0.4, -0.2) is 24.0 Å². The van der Waals surface area contributed by atoms with Crippen LogP contribution in [-0.2, 0) is 0 Å². The van der Waals surface area contributed by atoms with E-state index in [1.54, 1.807) is 0 Å². The minimum absolute atomic E-state index is 0.427. The Kier molecular flexibility index (Phi) is 6.43. The van der Waals surface area contributed by atoms with Crippen molar-refractivity contribution in [2.75, 3.05) is 13.1 Å². The fraction of sp³-hybridized carbons (Fsp3) is 1.00. The molecule has 0 rings (SSSR count). The van der Waals surface area contributed by atoms with Gasteiger partial charge in [-0.3, -0.25) is 0 Å². The molecule has 0 spiro atoms. The van der Waals surface area contributed by atoms with Crippen molar-refractivity contribution in [1.82, 2.24) is 4.90 Å². The van der Waals surface area contributed by atoms with Gasteiger partial charge in [0.1, 0.15) is 0 Å². The Hall–Kier alpha value is -0.0400. The molecule has 1 heteroatoms. The van der Waals surface area contributed by atoms with Crippen LogP contribution in [0.4, 0.5) is 0 Å². The number of hydrogen-bond acceptors (Lipinski definition) is 1. The lowest BCUT2D eigenvalue weighted by Gasteiger charge is -2.33. The standard InChI is InChI=1S/C13H29N/c1-7-8-9-10-14(12(2)3)11-13(4,5)6/h12H,7-11H2,1-6H3. The van der Waals surface area contributed by atoms with Crippen LogP contribution in [0.3, 0.4) is 0 Å². The number of nitrogens with zero attached hydrogens (tertiary/aromatic N) is 1. The molecule has 0 heterocycles. The highest BCUT2D eigenvalue weighted by atomic mass is 15.1. The Bertz CT molecular complexity index is 133. The van der Waals surface area contributed by atoms with E-state index in [9.17, 15) is 0 Å². The van der Waals surface area contributed by atoms with Gasteiger partial charge in [0, 0.05) is 12.6 Å². The van der Waals surface area contributed by atoms with Crippen molar-refractivity contribution in [2.24, 2.45) is 5.41 Å². The van der Waals surface area contributed by atoms with Crippen molar-refractivity contribution in [3.05, 3.63) is 0 Å². The molecule has 0 unspecified atom stereocenters. The van der Waals surface area contributed by atoms with E-state index < -0.39 is 0 Å². The van der Waals surface area contributed by atoms with Crippen molar-refractivity contribution in [1.29, 1.82) is 0 Å².